The molecule has 0 bridgehead atoms. The molecule has 0 saturated heterocycles. The van der Waals surface area contributed by atoms with E-state index in [0.717, 1.165) is 0 Å². The summed E-state index contributed by atoms with van der Waals surface area (Å²) in [5, 5.41) is 10.8. The van der Waals surface area contributed by atoms with Crippen molar-refractivity contribution in [2.45, 2.75) is 25.3 Å². The van der Waals surface area contributed by atoms with Crippen LogP contribution in [0.5, 0.6) is 0 Å². The van der Waals surface area contributed by atoms with Crippen LogP contribution in [-0.2, 0) is 4.79 Å². The molecule has 0 heterocycles. The van der Waals surface area contributed by atoms with Crippen molar-refractivity contribution in [1.82, 2.24) is 0 Å². The summed E-state index contributed by atoms with van der Waals surface area (Å²) < 4.78 is 0. The van der Waals surface area contributed by atoms with Gasteiger partial charge < -0.3 is 10.6 Å². The average molecular weight is 171 g/mol. The molecule has 0 aliphatic rings. The molecule has 0 saturated carbocycles. The highest BCUT2D eigenvalue weighted by atomic mass is 16.4. The standard InChI is InChI=1S/C6H9N3O3/c7-8-4-2-1-3-5(9-12)6(10)11/h4-5H,1-3H2,(H,10,11)/t5-/m0/s1. The molecule has 12 heavy (non-hydrogen) atoms. The fourth-order valence-corrected chi connectivity index (χ4v) is 0.681. The maximum Gasteiger partial charge on any atom is 0.332 e. The number of nitroso groups, excluding NO2 is 1. The maximum atomic E-state index is 10.2. The molecule has 6 nitrogen and oxygen atoms in total. The van der Waals surface area contributed by atoms with Crippen LogP contribution >= 0.6 is 0 Å². The molecule has 0 aromatic rings. The summed E-state index contributed by atoms with van der Waals surface area (Å²) in [6.45, 7) is 0. The summed E-state index contributed by atoms with van der Waals surface area (Å²) in [6.07, 6.45) is 2.32. The molecule has 0 spiro atoms. The second kappa shape index (κ2) is 6.18. The van der Waals surface area contributed by atoms with Gasteiger partial charge in [-0.15, -0.1) is 4.91 Å². The Bertz CT molecular complexity index is 210. The van der Waals surface area contributed by atoms with Crippen LogP contribution in [-0.4, -0.2) is 28.1 Å². The number of carboxylic acid groups (broad SMARTS) is 1. The van der Waals surface area contributed by atoms with Gasteiger partial charge in [0.2, 0.25) is 0 Å². The third-order valence-electron chi connectivity index (χ3n) is 1.30. The highest BCUT2D eigenvalue weighted by Crippen LogP contribution is 2.03. The Balaban J connectivity index is 3.65. The van der Waals surface area contributed by atoms with Gasteiger partial charge in [-0.2, -0.15) is 4.79 Å². The van der Waals surface area contributed by atoms with Gasteiger partial charge in [-0.25, -0.2) is 4.79 Å². The summed E-state index contributed by atoms with van der Waals surface area (Å²) in [5.41, 5.74) is 7.97. The van der Waals surface area contributed by atoms with E-state index in [2.05, 4.69) is 9.97 Å². The summed E-state index contributed by atoms with van der Waals surface area (Å²) in [6, 6.07) is -1.18. The molecule has 0 aromatic carbocycles. The molecule has 0 aliphatic heterocycles. The molecule has 0 unspecified atom stereocenters. The van der Waals surface area contributed by atoms with Crippen LogP contribution in [0, 0.1) is 4.91 Å². The van der Waals surface area contributed by atoms with Crippen molar-refractivity contribution in [3.05, 3.63) is 10.4 Å². The molecule has 0 rings (SSSR count). The van der Waals surface area contributed by atoms with Gasteiger partial charge in [-0.05, 0) is 12.8 Å². The van der Waals surface area contributed by atoms with Gasteiger partial charge in [-0.1, -0.05) is 5.18 Å². The van der Waals surface area contributed by atoms with Crippen molar-refractivity contribution < 1.29 is 14.7 Å². The van der Waals surface area contributed by atoms with Crippen LogP contribution in [0.3, 0.4) is 0 Å². The van der Waals surface area contributed by atoms with E-state index in [9.17, 15) is 9.70 Å². The Morgan fingerprint density at radius 3 is 2.83 bits per heavy atom. The van der Waals surface area contributed by atoms with Crippen molar-refractivity contribution in [2.24, 2.45) is 5.18 Å². The van der Waals surface area contributed by atoms with E-state index in [0.29, 0.717) is 12.8 Å². The SMILES string of the molecule is [N-]=[N+]=CCCC[C@H](N=O)C(=O)O. The topological polar surface area (TPSA) is 103 Å². The number of hydrogen-bond donors (Lipinski definition) is 1. The van der Waals surface area contributed by atoms with Crippen LogP contribution < -0.4 is 0 Å². The summed E-state index contributed by atoms with van der Waals surface area (Å²) >= 11 is 0. The normalized spacial score (nSPS) is 11.3. The molecule has 0 radical (unpaired) electrons. The Morgan fingerprint density at radius 1 is 1.75 bits per heavy atom. The fourth-order valence-electron chi connectivity index (χ4n) is 0.681. The molecular weight excluding hydrogens is 162 g/mol. The second-order valence-corrected chi connectivity index (χ2v) is 2.19. The van der Waals surface area contributed by atoms with Crippen LogP contribution in [0.15, 0.2) is 5.18 Å². The van der Waals surface area contributed by atoms with Crippen molar-refractivity contribution in [2.75, 3.05) is 0 Å². The zero-order chi connectivity index (χ0) is 9.40. The van der Waals surface area contributed by atoms with E-state index < -0.39 is 12.0 Å². The average Bonchev–Trinajstić information content (AvgIpc) is 2.04. The van der Waals surface area contributed by atoms with Crippen molar-refractivity contribution in [1.29, 1.82) is 0 Å². The molecule has 0 amide bonds. The molecular formula is C6H9N3O3. The van der Waals surface area contributed by atoms with Gasteiger partial charge in [0, 0.05) is 6.42 Å². The van der Waals surface area contributed by atoms with Crippen LogP contribution in [0.1, 0.15) is 19.3 Å². The molecule has 0 fully saturated rings. The van der Waals surface area contributed by atoms with Crippen molar-refractivity contribution >= 4 is 12.2 Å². The molecule has 0 aromatic heterocycles. The lowest BCUT2D eigenvalue weighted by molar-refractivity contribution is -0.138. The Kier molecular flexibility index (Phi) is 5.38. The number of nitrogens with zero attached hydrogens (tertiary/aromatic N) is 3. The maximum absolute atomic E-state index is 10.2. The number of carboxylic acids is 1. The lowest BCUT2D eigenvalue weighted by Gasteiger charge is -1.99. The van der Waals surface area contributed by atoms with E-state index in [1.54, 1.807) is 0 Å². The van der Waals surface area contributed by atoms with Gasteiger partial charge in [0.1, 0.15) is 0 Å². The van der Waals surface area contributed by atoms with E-state index in [-0.39, 0.29) is 6.42 Å². The monoisotopic (exact) mass is 171 g/mol. The zero-order valence-corrected chi connectivity index (χ0v) is 6.38. The van der Waals surface area contributed by atoms with E-state index >= 15 is 0 Å². The Hall–Kier alpha value is -1.55. The van der Waals surface area contributed by atoms with Crippen LogP contribution in [0.25, 0.3) is 5.53 Å². The third-order valence-corrected chi connectivity index (χ3v) is 1.30. The lowest BCUT2D eigenvalue weighted by Crippen LogP contribution is -2.16. The Labute approximate surface area is 68.8 Å². The van der Waals surface area contributed by atoms with Crippen molar-refractivity contribution in [3.63, 3.8) is 0 Å². The summed E-state index contributed by atoms with van der Waals surface area (Å²) in [4.78, 5) is 22.8. The predicted molar refractivity (Wildman–Crippen MR) is 40.8 cm³/mol. The first-order chi connectivity index (χ1) is 5.72. The quantitative estimate of drug-likeness (QED) is 0.209. The van der Waals surface area contributed by atoms with Crippen LogP contribution in [0.2, 0.25) is 0 Å². The molecule has 66 valence electrons. The molecule has 1 N–H and O–H groups in total. The number of hydrogen-bond acceptors (Lipinski definition) is 3. The minimum Gasteiger partial charge on any atom is -0.480 e. The predicted octanol–water partition coefficient (Wildman–Crippen LogP) is 0.677. The number of aliphatic carboxylic acids is 1. The largest absolute Gasteiger partial charge is 0.480 e. The number of carbonyl (C=O) groups is 1. The van der Waals surface area contributed by atoms with E-state index in [4.69, 9.17) is 10.6 Å². The molecule has 0 aliphatic carbocycles. The lowest BCUT2D eigenvalue weighted by atomic mass is 10.1. The number of unbranched alkanes of at least 4 members (excludes halogenated alkanes) is 1. The minimum atomic E-state index is -1.22. The highest BCUT2D eigenvalue weighted by molar-refractivity contribution is 5.73. The first kappa shape index (κ1) is 10.4. The van der Waals surface area contributed by atoms with E-state index in [1.807, 2.05) is 0 Å². The van der Waals surface area contributed by atoms with Crippen molar-refractivity contribution in [3.8, 4) is 0 Å². The smallest absolute Gasteiger partial charge is 0.332 e. The fraction of sp³-hybridized carbons (Fsp3) is 0.667. The Morgan fingerprint density at radius 2 is 2.42 bits per heavy atom. The van der Waals surface area contributed by atoms with Gasteiger partial charge in [0.25, 0.3) is 6.21 Å². The third kappa shape index (κ3) is 4.29. The van der Waals surface area contributed by atoms with Gasteiger partial charge in [0.15, 0.2) is 6.04 Å². The van der Waals surface area contributed by atoms with Gasteiger partial charge in [0.05, 0.1) is 0 Å². The second-order valence-electron chi connectivity index (χ2n) is 2.19. The number of rotatable bonds is 6. The summed E-state index contributed by atoms with van der Waals surface area (Å²) in [7, 11) is 0. The zero-order valence-electron chi connectivity index (χ0n) is 6.38. The molecule has 1 atom stereocenters. The minimum absolute atomic E-state index is 0.171. The van der Waals surface area contributed by atoms with Gasteiger partial charge >= 0.3 is 5.97 Å². The highest BCUT2D eigenvalue weighted by Gasteiger charge is 2.16. The first-order valence-electron chi connectivity index (χ1n) is 3.43. The first-order valence-corrected chi connectivity index (χ1v) is 3.43. The van der Waals surface area contributed by atoms with Gasteiger partial charge in [-0.3, -0.25) is 0 Å². The van der Waals surface area contributed by atoms with Crippen LogP contribution in [0.4, 0.5) is 0 Å². The molecule has 6 heteroatoms. The summed E-state index contributed by atoms with van der Waals surface area (Å²) in [5.74, 6) is -1.22. The van der Waals surface area contributed by atoms with E-state index in [1.165, 1.54) is 6.21 Å².